The molecule has 2 aliphatic rings. The van der Waals surface area contributed by atoms with Gasteiger partial charge in [0.15, 0.2) is 0 Å². The summed E-state index contributed by atoms with van der Waals surface area (Å²) in [5.41, 5.74) is 10.1. The summed E-state index contributed by atoms with van der Waals surface area (Å²) >= 11 is 0. The first-order chi connectivity index (χ1) is 16.4. The summed E-state index contributed by atoms with van der Waals surface area (Å²) in [5.74, 6) is 1.92. The Morgan fingerprint density at radius 3 is 2.33 bits per heavy atom. The van der Waals surface area contributed by atoms with E-state index in [0.717, 1.165) is 11.5 Å². The minimum absolute atomic E-state index is 0.158. The topological polar surface area (TPSA) is 14.2 Å². The Balaban J connectivity index is 1.56. The zero-order chi connectivity index (χ0) is 21.5. The minimum Gasteiger partial charge on any atom is -0.458 e. The van der Waals surface area contributed by atoms with Crippen molar-refractivity contribution < 1.29 is 4.74 Å². The standard InChI is InChI=1S/C30H18BNO/c1-2-8-19(9-3-1)20-14-16-23-26(18-20)32-25-12-6-4-10-21(25)22-15-17-28-29(30(22)32)31(23)24-11-5-7-13-27(24)33-28/h1-18H. The lowest BCUT2D eigenvalue weighted by Crippen LogP contribution is -2.58. The van der Waals surface area contributed by atoms with Crippen LogP contribution in [0.4, 0.5) is 0 Å². The van der Waals surface area contributed by atoms with E-state index in [9.17, 15) is 0 Å². The second-order valence-corrected chi connectivity index (χ2v) is 8.94. The number of benzene rings is 5. The number of aromatic nitrogens is 1. The molecule has 3 heterocycles. The van der Waals surface area contributed by atoms with Gasteiger partial charge in [-0.3, -0.25) is 0 Å². The fourth-order valence-corrected chi connectivity index (χ4v) is 5.88. The molecule has 5 aromatic carbocycles. The molecule has 0 N–H and O–H groups in total. The van der Waals surface area contributed by atoms with Crippen LogP contribution in [0.3, 0.4) is 0 Å². The smallest absolute Gasteiger partial charge is 0.256 e. The van der Waals surface area contributed by atoms with Gasteiger partial charge in [-0.2, -0.15) is 0 Å². The lowest BCUT2D eigenvalue weighted by Gasteiger charge is -2.33. The Morgan fingerprint density at radius 2 is 1.39 bits per heavy atom. The summed E-state index contributed by atoms with van der Waals surface area (Å²) in [7, 11) is 0. The molecule has 0 saturated carbocycles. The van der Waals surface area contributed by atoms with Crippen LogP contribution in [-0.4, -0.2) is 11.3 Å². The summed E-state index contributed by atoms with van der Waals surface area (Å²) in [6.45, 7) is 0.158. The first-order valence-corrected chi connectivity index (χ1v) is 11.4. The quantitative estimate of drug-likeness (QED) is 0.326. The third kappa shape index (κ3) is 2.19. The average Bonchev–Trinajstić information content (AvgIpc) is 3.23. The van der Waals surface area contributed by atoms with Crippen LogP contribution in [0.2, 0.25) is 0 Å². The maximum atomic E-state index is 6.44. The molecule has 0 unspecified atom stereocenters. The van der Waals surface area contributed by atoms with Crippen molar-refractivity contribution in [1.29, 1.82) is 0 Å². The van der Waals surface area contributed by atoms with Crippen molar-refractivity contribution >= 4 is 44.9 Å². The van der Waals surface area contributed by atoms with E-state index in [1.165, 1.54) is 55.0 Å². The van der Waals surface area contributed by atoms with Gasteiger partial charge >= 0.3 is 0 Å². The van der Waals surface area contributed by atoms with Crippen LogP contribution in [-0.2, 0) is 0 Å². The predicted molar refractivity (Wildman–Crippen MR) is 137 cm³/mol. The van der Waals surface area contributed by atoms with E-state index >= 15 is 0 Å². The summed E-state index contributed by atoms with van der Waals surface area (Å²) in [6.07, 6.45) is 0. The Morgan fingerprint density at radius 1 is 0.576 bits per heavy atom. The highest BCUT2D eigenvalue weighted by Crippen LogP contribution is 2.38. The fourth-order valence-electron chi connectivity index (χ4n) is 5.88. The Hall–Kier alpha value is -4.24. The third-order valence-corrected chi connectivity index (χ3v) is 7.26. The van der Waals surface area contributed by atoms with Gasteiger partial charge in [-0.15, -0.1) is 0 Å². The van der Waals surface area contributed by atoms with Crippen molar-refractivity contribution in [2.75, 3.05) is 0 Å². The van der Waals surface area contributed by atoms with Crippen molar-refractivity contribution in [3.8, 4) is 28.3 Å². The lowest BCUT2D eigenvalue weighted by molar-refractivity contribution is 0.488. The second kappa shape index (κ2) is 6.17. The number of nitrogens with zero attached hydrogens (tertiary/aromatic N) is 1. The lowest BCUT2D eigenvalue weighted by atomic mass is 9.34. The van der Waals surface area contributed by atoms with Gasteiger partial charge in [0, 0.05) is 16.5 Å². The molecule has 152 valence electrons. The maximum Gasteiger partial charge on any atom is 0.256 e. The monoisotopic (exact) mass is 419 g/mol. The first-order valence-electron chi connectivity index (χ1n) is 11.4. The molecule has 0 aliphatic carbocycles. The Kier molecular flexibility index (Phi) is 3.24. The first kappa shape index (κ1) is 17.3. The molecular formula is C30H18BNO. The SMILES string of the molecule is c1ccc(-c2ccc3c(c2)-n2c4ccccc4c4ccc5c(c42)B3c2ccccc2O5)cc1. The van der Waals surface area contributed by atoms with Crippen LogP contribution >= 0.6 is 0 Å². The Labute approximate surface area is 191 Å². The van der Waals surface area contributed by atoms with E-state index in [2.05, 4.69) is 114 Å². The van der Waals surface area contributed by atoms with E-state index in [4.69, 9.17) is 4.74 Å². The number of rotatable bonds is 1. The van der Waals surface area contributed by atoms with E-state index < -0.39 is 0 Å². The third-order valence-electron chi connectivity index (χ3n) is 7.26. The number of para-hydroxylation sites is 2. The molecule has 0 spiro atoms. The summed E-state index contributed by atoms with van der Waals surface area (Å²) in [5, 5.41) is 2.57. The van der Waals surface area contributed by atoms with Gasteiger partial charge in [-0.05, 0) is 57.8 Å². The molecule has 8 rings (SSSR count). The number of ether oxygens (including phenoxy) is 1. The largest absolute Gasteiger partial charge is 0.458 e. The zero-order valence-corrected chi connectivity index (χ0v) is 17.8. The molecule has 0 atom stereocenters. The molecule has 0 fully saturated rings. The summed E-state index contributed by atoms with van der Waals surface area (Å²) < 4.78 is 8.89. The second-order valence-electron chi connectivity index (χ2n) is 8.94. The highest BCUT2D eigenvalue weighted by molar-refractivity contribution is 6.99. The highest BCUT2D eigenvalue weighted by Gasteiger charge is 2.40. The molecule has 0 saturated heterocycles. The predicted octanol–water partition coefficient (Wildman–Crippen LogP) is 5.39. The van der Waals surface area contributed by atoms with Gasteiger partial charge < -0.3 is 9.30 Å². The molecule has 0 amide bonds. The molecule has 1 aromatic heterocycles. The minimum atomic E-state index is 0.158. The highest BCUT2D eigenvalue weighted by atomic mass is 16.5. The molecule has 2 nitrogen and oxygen atoms in total. The molecule has 3 heteroatoms. The van der Waals surface area contributed by atoms with Crippen LogP contribution in [0.1, 0.15) is 0 Å². The normalized spacial score (nSPS) is 13.0. The molecule has 33 heavy (non-hydrogen) atoms. The molecule has 0 bridgehead atoms. The van der Waals surface area contributed by atoms with E-state index in [1.807, 2.05) is 0 Å². The summed E-state index contributed by atoms with van der Waals surface area (Å²) in [4.78, 5) is 0. The van der Waals surface area contributed by atoms with Crippen molar-refractivity contribution in [3.05, 3.63) is 109 Å². The van der Waals surface area contributed by atoms with E-state index in [-0.39, 0.29) is 6.71 Å². The maximum absolute atomic E-state index is 6.44. The van der Waals surface area contributed by atoms with Crippen molar-refractivity contribution in [2.45, 2.75) is 0 Å². The van der Waals surface area contributed by atoms with Crippen LogP contribution in [0.15, 0.2) is 109 Å². The molecule has 6 aromatic rings. The zero-order valence-electron chi connectivity index (χ0n) is 17.8. The molecule has 0 radical (unpaired) electrons. The Bertz CT molecular complexity index is 1750. The van der Waals surface area contributed by atoms with E-state index in [0.29, 0.717) is 0 Å². The van der Waals surface area contributed by atoms with E-state index in [1.54, 1.807) is 0 Å². The van der Waals surface area contributed by atoms with Gasteiger partial charge in [0.25, 0.3) is 6.71 Å². The van der Waals surface area contributed by atoms with Gasteiger partial charge in [-0.25, -0.2) is 0 Å². The number of fused-ring (bicyclic) bond motifs is 8. The van der Waals surface area contributed by atoms with Crippen molar-refractivity contribution in [3.63, 3.8) is 0 Å². The summed E-state index contributed by atoms with van der Waals surface area (Å²) in [6, 6.07) is 39.2. The number of hydrogen-bond donors (Lipinski definition) is 0. The van der Waals surface area contributed by atoms with Gasteiger partial charge in [0.1, 0.15) is 11.5 Å². The van der Waals surface area contributed by atoms with Crippen LogP contribution < -0.4 is 21.1 Å². The molecule has 2 aliphatic heterocycles. The van der Waals surface area contributed by atoms with Crippen molar-refractivity contribution in [2.24, 2.45) is 0 Å². The van der Waals surface area contributed by atoms with Gasteiger partial charge in [0.05, 0.1) is 11.0 Å². The van der Waals surface area contributed by atoms with Crippen LogP contribution in [0, 0.1) is 0 Å². The number of hydrogen-bond acceptors (Lipinski definition) is 1. The van der Waals surface area contributed by atoms with Crippen molar-refractivity contribution in [1.82, 2.24) is 4.57 Å². The van der Waals surface area contributed by atoms with Crippen LogP contribution in [0.25, 0.3) is 38.6 Å². The van der Waals surface area contributed by atoms with Crippen LogP contribution in [0.5, 0.6) is 11.5 Å². The molecular weight excluding hydrogens is 401 g/mol. The van der Waals surface area contributed by atoms with Gasteiger partial charge in [-0.1, -0.05) is 78.9 Å². The van der Waals surface area contributed by atoms with Gasteiger partial charge in [0.2, 0.25) is 0 Å². The average molecular weight is 419 g/mol. The fraction of sp³-hybridized carbons (Fsp3) is 0.